The van der Waals surface area contributed by atoms with Gasteiger partial charge in [0.15, 0.2) is 0 Å². The zero-order valence-corrected chi connectivity index (χ0v) is 4.39. The molecule has 0 heterocycles. The first-order valence-electron chi connectivity index (χ1n) is 0.535. The van der Waals surface area contributed by atoms with Gasteiger partial charge < -0.3 is 0 Å². The summed E-state index contributed by atoms with van der Waals surface area (Å²) in [6, 6.07) is 0. The van der Waals surface area contributed by atoms with Crippen LogP contribution >= 0.6 is 22.2 Å². The second kappa shape index (κ2) is 8.84. The summed E-state index contributed by atoms with van der Waals surface area (Å²) in [6.07, 6.45) is 0. The third-order valence-corrected chi connectivity index (χ3v) is 0. The van der Waals surface area contributed by atoms with Crippen molar-refractivity contribution in [3.05, 3.63) is 0 Å². The monoisotopic (exact) mass is 178 g/mol. The van der Waals surface area contributed by atoms with E-state index < -0.39 is 8.14 Å². The van der Waals surface area contributed by atoms with Gasteiger partial charge in [0.25, 0.3) is 0 Å². The maximum absolute atomic E-state index is 4.90. The van der Waals surface area contributed by atoms with Crippen molar-refractivity contribution < 1.29 is 0 Å². The Hall–Kier alpha value is 1.34. The van der Waals surface area contributed by atoms with Gasteiger partial charge in [0.1, 0.15) is 0 Å². The summed E-state index contributed by atoms with van der Waals surface area (Å²) in [4.78, 5) is 0. The van der Waals surface area contributed by atoms with Crippen molar-refractivity contribution in [2.24, 2.45) is 0 Å². The molecular formula is H6Cl2GeSi. The van der Waals surface area contributed by atoms with Crippen LogP contribution in [0.25, 0.3) is 0 Å². The van der Waals surface area contributed by atoms with Gasteiger partial charge in [0.05, 0.1) is 0 Å². The Kier molecular flexibility index (Phi) is 19.9. The van der Waals surface area contributed by atoms with E-state index in [0.717, 1.165) is 0 Å². The molecule has 0 saturated carbocycles. The van der Waals surface area contributed by atoms with E-state index in [0.29, 0.717) is 0 Å². The summed E-state index contributed by atoms with van der Waals surface area (Å²) in [7, 11) is -0.639. The molecule has 0 fully saturated rings. The van der Waals surface area contributed by atoms with E-state index in [1.165, 1.54) is 0 Å². The normalized spacial score (nSPS) is 4.50. The second-order valence-corrected chi connectivity index (χ2v) is 2.73. The van der Waals surface area contributed by atoms with E-state index in [9.17, 15) is 0 Å². The number of rotatable bonds is 0. The third kappa shape index (κ3) is 10.2. The Bertz CT molecular complexity index is 6.00. The predicted molar refractivity (Wildman–Crippen MR) is 31.6 cm³/mol. The van der Waals surface area contributed by atoms with Crippen molar-refractivity contribution in [1.29, 1.82) is 0 Å². The Balaban J connectivity index is 0. The van der Waals surface area contributed by atoms with Crippen molar-refractivity contribution in [3.8, 4) is 0 Å². The summed E-state index contributed by atoms with van der Waals surface area (Å²) in [6.45, 7) is 0. The van der Waals surface area contributed by atoms with Gasteiger partial charge in [-0.05, 0) is 0 Å². The van der Waals surface area contributed by atoms with Gasteiger partial charge in [0, 0.05) is 0 Å². The van der Waals surface area contributed by atoms with E-state index in [4.69, 9.17) is 22.2 Å². The number of hydrogen-bond acceptors (Lipinski definition) is 0. The van der Waals surface area contributed by atoms with Crippen LogP contribution < -0.4 is 0 Å². The predicted octanol–water partition coefficient (Wildman–Crippen LogP) is -0.989. The number of halogens is 2. The summed E-state index contributed by atoms with van der Waals surface area (Å²) in [5.74, 6) is 0. The molecule has 0 aromatic heterocycles. The first-order chi connectivity index (χ1) is 1.41. The molecule has 0 rings (SSSR count). The van der Waals surface area contributed by atoms with Gasteiger partial charge in [-0.2, -0.15) is 22.2 Å². The van der Waals surface area contributed by atoms with Crippen LogP contribution in [-0.4, -0.2) is 25.7 Å². The molecule has 0 unspecified atom stereocenters. The second-order valence-electron chi connectivity index (χ2n) is 0.101. The van der Waals surface area contributed by atoms with E-state index in [2.05, 4.69) is 0 Å². The van der Waals surface area contributed by atoms with Crippen LogP contribution in [0, 0.1) is 0 Å². The molecule has 0 atom stereocenters. The van der Waals surface area contributed by atoms with Gasteiger partial charge in [0.2, 0.25) is 8.14 Å². The SMILES string of the molecule is Cl[SiH2]Cl.[GeH4]. The zero-order chi connectivity index (χ0) is 2.71. The summed E-state index contributed by atoms with van der Waals surface area (Å²) >= 11 is 9.81. The average Bonchev–Trinajstić information content (AvgIpc) is 0.918. The molecule has 0 aliphatic carbocycles. The molecule has 0 aliphatic heterocycles. The molecule has 0 amide bonds. The first kappa shape index (κ1) is 9.02. The van der Waals surface area contributed by atoms with Crippen molar-refractivity contribution in [1.82, 2.24) is 0 Å². The molecule has 4 heteroatoms. The van der Waals surface area contributed by atoms with Crippen LogP contribution in [0.15, 0.2) is 0 Å². The molecule has 0 saturated heterocycles. The quantitative estimate of drug-likeness (QED) is 0.329. The van der Waals surface area contributed by atoms with Gasteiger partial charge in [-0.25, -0.2) is 0 Å². The van der Waals surface area contributed by atoms with Crippen LogP contribution in [0.3, 0.4) is 0 Å². The van der Waals surface area contributed by atoms with Gasteiger partial charge in [-0.3, -0.25) is 0 Å². The number of hydrogen-bond donors (Lipinski definition) is 0. The first-order valence-corrected chi connectivity index (χ1v) is 4.81. The molecule has 0 bridgehead atoms. The van der Waals surface area contributed by atoms with E-state index >= 15 is 0 Å². The molecule has 0 nitrogen and oxygen atoms in total. The summed E-state index contributed by atoms with van der Waals surface area (Å²) in [5.41, 5.74) is 0. The van der Waals surface area contributed by atoms with Crippen molar-refractivity contribution >= 4 is 47.9 Å². The molecule has 0 radical (unpaired) electrons. The van der Waals surface area contributed by atoms with E-state index in [1.54, 1.807) is 0 Å². The molecular weight excluding hydrogens is 172 g/mol. The van der Waals surface area contributed by atoms with Gasteiger partial charge in [-0.15, -0.1) is 0 Å². The zero-order valence-electron chi connectivity index (χ0n) is 1.46. The molecule has 0 aliphatic rings. The average molecular weight is 178 g/mol. The van der Waals surface area contributed by atoms with Gasteiger partial charge >= 0.3 is 17.6 Å². The summed E-state index contributed by atoms with van der Waals surface area (Å²) in [5, 5.41) is 0. The Labute approximate surface area is 48.1 Å². The molecule has 0 aromatic rings. The Morgan fingerprint density at radius 2 is 1.25 bits per heavy atom. The molecule has 4 heavy (non-hydrogen) atoms. The molecule has 0 aromatic carbocycles. The third-order valence-electron chi connectivity index (χ3n) is 0. The van der Waals surface area contributed by atoms with Gasteiger partial charge in [-0.1, -0.05) is 0 Å². The molecule has 0 N–H and O–H groups in total. The molecule has 28 valence electrons. The minimum atomic E-state index is -0.639. The fourth-order valence-electron chi connectivity index (χ4n) is 0. The van der Waals surface area contributed by atoms with Crippen molar-refractivity contribution in [2.75, 3.05) is 0 Å². The van der Waals surface area contributed by atoms with Crippen LogP contribution in [-0.2, 0) is 0 Å². The minimum absolute atomic E-state index is 0. The fraction of sp³-hybridized carbons (Fsp3) is 0. The van der Waals surface area contributed by atoms with Crippen LogP contribution in [0.4, 0.5) is 0 Å². The van der Waals surface area contributed by atoms with E-state index in [-0.39, 0.29) is 17.6 Å². The van der Waals surface area contributed by atoms with Crippen LogP contribution in [0.2, 0.25) is 0 Å². The summed E-state index contributed by atoms with van der Waals surface area (Å²) < 4.78 is 0. The standard InChI is InChI=1S/Cl2H2Si.GeH4/c1-3-2;/h3H2;1H4. The molecule has 0 spiro atoms. The van der Waals surface area contributed by atoms with Crippen LogP contribution in [0.1, 0.15) is 0 Å². The Morgan fingerprint density at radius 1 is 1.25 bits per heavy atom. The fourth-order valence-corrected chi connectivity index (χ4v) is 0. The van der Waals surface area contributed by atoms with Crippen molar-refractivity contribution in [2.45, 2.75) is 0 Å². The van der Waals surface area contributed by atoms with Crippen LogP contribution in [0.5, 0.6) is 0 Å². The topological polar surface area (TPSA) is 0 Å². The maximum atomic E-state index is 4.90. The van der Waals surface area contributed by atoms with Crippen molar-refractivity contribution in [3.63, 3.8) is 0 Å². The Morgan fingerprint density at radius 3 is 1.25 bits per heavy atom. The van der Waals surface area contributed by atoms with E-state index in [1.807, 2.05) is 0 Å².